The summed E-state index contributed by atoms with van der Waals surface area (Å²) >= 11 is 0. The number of carbonyl (C=O) groups excluding carboxylic acids is 2. The lowest BCUT2D eigenvalue weighted by atomic mass is 9.86. The van der Waals surface area contributed by atoms with Crippen LogP contribution in [-0.2, 0) is 14.3 Å². The van der Waals surface area contributed by atoms with Gasteiger partial charge < -0.3 is 19.7 Å². The standard InChI is InChI=1S/C21H31N3O4/c1-27-11-10-23-21(26)19-13-18(28-17-8-5-9-22-14-17)15-24(19)20(25)12-16-6-3-2-4-7-16/h5,8-9,14,16,18-19H,2-4,6-7,10-13,15H2,1H3,(H,23,26)/t18-,19-/m0/s1. The van der Waals surface area contributed by atoms with Crippen molar-refractivity contribution in [2.75, 3.05) is 26.8 Å². The topological polar surface area (TPSA) is 80.8 Å². The number of nitrogens with zero attached hydrogens (tertiary/aromatic N) is 2. The van der Waals surface area contributed by atoms with E-state index in [0.717, 1.165) is 12.8 Å². The summed E-state index contributed by atoms with van der Waals surface area (Å²) in [7, 11) is 1.60. The number of aromatic nitrogens is 1. The van der Waals surface area contributed by atoms with Gasteiger partial charge in [-0.1, -0.05) is 19.3 Å². The molecule has 2 aliphatic rings. The molecule has 1 aromatic heterocycles. The minimum Gasteiger partial charge on any atom is -0.487 e. The van der Waals surface area contributed by atoms with E-state index in [2.05, 4.69) is 10.3 Å². The van der Waals surface area contributed by atoms with E-state index in [1.54, 1.807) is 24.4 Å². The van der Waals surface area contributed by atoms with Crippen molar-refractivity contribution in [1.82, 2.24) is 15.2 Å². The number of carbonyl (C=O) groups is 2. The van der Waals surface area contributed by atoms with E-state index >= 15 is 0 Å². The fourth-order valence-electron chi connectivity index (χ4n) is 4.17. The highest BCUT2D eigenvalue weighted by Gasteiger charge is 2.41. The Hall–Kier alpha value is -2.15. The first kappa shape index (κ1) is 20.6. The number of ether oxygens (including phenoxy) is 2. The van der Waals surface area contributed by atoms with E-state index in [-0.39, 0.29) is 17.9 Å². The summed E-state index contributed by atoms with van der Waals surface area (Å²) in [6.07, 6.45) is 10.0. The summed E-state index contributed by atoms with van der Waals surface area (Å²) in [5.41, 5.74) is 0. The number of rotatable bonds is 8. The van der Waals surface area contributed by atoms with Gasteiger partial charge in [0.15, 0.2) is 0 Å². The number of hydrogen-bond donors (Lipinski definition) is 1. The number of likely N-dealkylation sites (tertiary alicyclic amines) is 1. The van der Waals surface area contributed by atoms with Gasteiger partial charge in [-0.15, -0.1) is 0 Å². The van der Waals surface area contributed by atoms with Crippen molar-refractivity contribution in [2.45, 2.75) is 57.1 Å². The molecule has 1 N–H and O–H groups in total. The molecular weight excluding hydrogens is 358 g/mol. The number of pyridine rings is 1. The minimum absolute atomic E-state index is 0.0658. The summed E-state index contributed by atoms with van der Waals surface area (Å²) in [5, 5.41) is 2.87. The van der Waals surface area contributed by atoms with Crippen LogP contribution in [0.15, 0.2) is 24.5 Å². The Balaban J connectivity index is 1.63. The van der Waals surface area contributed by atoms with Crippen LogP contribution in [0.25, 0.3) is 0 Å². The van der Waals surface area contributed by atoms with Gasteiger partial charge in [0.2, 0.25) is 11.8 Å². The van der Waals surface area contributed by atoms with E-state index in [4.69, 9.17) is 9.47 Å². The van der Waals surface area contributed by atoms with Crippen molar-refractivity contribution >= 4 is 11.8 Å². The molecule has 1 saturated carbocycles. The van der Waals surface area contributed by atoms with Crippen LogP contribution in [0.1, 0.15) is 44.9 Å². The van der Waals surface area contributed by atoms with Crippen LogP contribution in [0.4, 0.5) is 0 Å². The minimum atomic E-state index is -0.491. The quantitative estimate of drug-likeness (QED) is 0.689. The molecule has 1 saturated heterocycles. The van der Waals surface area contributed by atoms with Gasteiger partial charge >= 0.3 is 0 Å². The smallest absolute Gasteiger partial charge is 0.243 e. The molecule has 2 amide bonds. The third-order valence-electron chi connectivity index (χ3n) is 5.62. The number of nitrogens with one attached hydrogen (secondary N) is 1. The molecule has 0 bridgehead atoms. The molecule has 7 heteroatoms. The van der Waals surface area contributed by atoms with Gasteiger partial charge in [-0.2, -0.15) is 0 Å². The Bertz CT molecular complexity index is 634. The lowest BCUT2D eigenvalue weighted by Crippen LogP contribution is -2.47. The normalized spacial score (nSPS) is 22.8. The van der Waals surface area contributed by atoms with Crippen LogP contribution in [0.3, 0.4) is 0 Å². The second kappa shape index (κ2) is 10.4. The van der Waals surface area contributed by atoms with Gasteiger partial charge in [0.25, 0.3) is 0 Å². The maximum atomic E-state index is 13.0. The molecule has 28 heavy (non-hydrogen) atoms. The zero-order chi connectivity index (χ0) is 19.8. The van der Waals surface area contributed by atoms with Crippen LogP contribution in [0.5, 0.6) is 5.75 Å². The third kappa shape index (κ3) is 5.67. The third-order valence-corrected chi connectivity index (χ3v) is 5.62. The van der Waals surface area contributed by atoms with Crippen molar-refractivity contribution in [3.63, 3.8) is 0 Å². The second-order valence-corrected chi connectivity index (χ2v) is 7.72. The summed E-state index contributed by atoms with van der Waals surface area (Å²) in [4.78, 5) is 31.5. The van der Waals surface area contributed by atoms with Crippen LogP contribution < -0.4 is 10.1 Å². The number of hydrogen-bond acceptors (Lipinski definition) is 5. The van der Waals surface area contributed by atoms with Crippen molar-refractivity contribution < 1.29 is 19.1 Å². The molecule has 2 atom stereocenters. The molecule has 0 radical (unpaired) electrons. The highest BCUT2D eigenvalue weighted by atomic mass is 16.5. The lowest BCUT2D eigenvalue weighted by molar-refractivity contribution is -0.139. The predicted molar refractivity (Wildman–Crippen MR) is 105 cm³/mol. The Morgan fingerprint density at radius 1 is 1.29 bits per heavy atom. The lowest BCUT2D eigenvalue weighted by Gasteiger charge is -2.27. The molecule has 3 rings (SSSR count). The van der Waals surface area contributed by atoms with Gasteiger partial charge in [-0.3, -0.25) is 14.6 Å². The molecule has 0 aromatic carbocycles. The maximum absolute atomic E-state index is 13.0. The molecule has 154 valence electrons. The number of amides is 2. The van der Waals surface area contributed by atoms with Gasteiger partial charge in [-0.25, -0.2) is 0 Å². The summed E-state index contributed by atoms with van der Waals surface area (Å²) in [5.74, 6) is 1.03. The fraction of sp³-hybridized carbons (Fsp3) is 0.667. The monoisotopic (exact) mass is 389 g/mol. The van der Waals surface area contributed by atoms with Crippen molar-refractivity contribution in [3.8, 4) is 5.75 Å². The zero-order valence-electron chi connectivity index (χ0n) is 16.6. The fourth-order valence-corrected chi connectivity index (χ4v) is 4.17. The average molecular weight is 389 g/mol. The molecule has 1 aliphatic carbocycles. The molecule has 0 unspecified atom stereocenters. The van der Waals surface area contributed by atoms with E-state index in [1.165, 1.54) is 19.3 Å². The Labute approximate surface area is 166 Å². The van der Waals surface area contributed by atoms with E-state index in [9.17, 15) is 9.59 Å². The first-order chi connectivity index (χ1) is 13.7. The first-order valence-corrected chi connectivity index (χ1v) is 10.3. The Kier molecular flexibility index (Phi) is 7.65. The van der Waals surface area contributed by atoms with Crippen molar-refractivity contribution in [3.05, 3.63) is 24.5 Å². The highest BCUT2D eigenvalue weighted by Crippen LogP contribution is 2.29. The summed E-state index contributed by atoms with van der Waals surface area (Å²) in [6.45, 7) is 1.32. The van der Waals surface area contributed by atoms with Gasteiger partial charge in [0.1, 0.15) is 17.9 Å². The molecule has 2 fully saturated rings. The van der Waals surface area contributed by atoms with Gasteiger partial charge in [0, 0.05) is 32.7 Å². The largest absolute Gasteiger partial charge is 0.487 e. The van der Waals surface area contributed by atoms with Crippen LogP contribution in [0.2, 0.25) is 0 Å². The Morgan fingerprint density at radius 3 is 2.82 bits per heavy atom. The molecule has 7 nitrogen and oxygen atoms in total. The second-order valence-electron chi connectivity index (χ2n) is 7.72. The van der Waals surface area contributed by atoms with Crippen LogP contribution >= 0.6 is 0 Å². The molecule has 2 heterocycles. The molecular formula is C21H31N3O4. The molecule has 0 spiro atoms. The maximum Gasteiger partial charge on any atom is 0.243 e. The SMILES string of the molecule is COCCNC(=O)[C@@H]1C[C@H](Oc2cccnc2)CN1C(=O)CC1CCCCC1. The van der Waals surface area contributed by atoms with Crippen molar-refractivity contribution in [2.24, 2.45) is 5.92 Å². The van der Waals surface area contributed by atoms with Crippen LogP contribution in [-0.4, -0.2) is 60.7 Å². The first-order valence-electron chi connectivity index (χ1n) is 10.3. The van der Waals surface area contributed by atoms with Crippen LogP contribution in [0, 0.1) is 5.92 Å². The van der Waals surface area contributed by atoms with E-state index in [1.807, 2.05) is 12.1 Å². The van der Waals surface area contributed by atoms with Crippen molar-refractivity contribution in [1.29, 1.82) is 0 Å². The van der Waals surface area contributed by atoms with Gasteiger partial charge in [0.05, 0.1) is 19.3 Å². The summed E-state index contributed by atoms with van der Waals surface area (Å²) < 4.78 is 11.0. The molecule has 1 aromatic rings. The average Bonchev–Trinajstić information content (AvgIpc) is 3.14. The molecule has 1 aliphatic heterocycles. The number of methoxy groups -OCH3 is 1. The van der Waals surface area contributed by atoms with E-state index < -0.39 is 6.04 Å². The zero-order valence-corrected chi connectivity index (χ0v) is 16.6. The predicted octanol–water partition coefficient (Wildman–Crippen LogP) is 2.16. The summed E-state index contributed by atoms with van der Waals surface area (Å²) in [6, 6.07) is 3.16. The van der Waals surface area contributed by atoms with Gasteiger partial charge in [-0.05, 0) is 30.9 Å². The highest BCUT2D eigenvalue weighted by molar-refractivity contribution is 5.88. The Morgan fingerprint density at radius 2 is 2.11 bits per heavy atom. The van der Waals surface area contributed by atoms with E-state index in [0.29, 0.717) is 44.2 Å².